The second kappa shape index (κ2) is 8.57. The first-order chi connectivity index (χ1) is 10.4. The zero-order valence-electron chi connectivity index (χ0n) is 12.5. The average molecular weight is 419 g/mol. The van der Waals surface area contributed by atoms with Crippen LogP contribution in [-0.4, -0.2) is 36.3 Å². The van der Waals surface area contributed by atoms with E-state index in [0.717, 1.165) is 6.42 Å². The Morgan fingerprint density at radius 3 is 2.73 bits per heavy atom. The monoisotopic (exact) mass is 419 g/mol. The van der Waals surface area contributed by atoms with Gasteiger partial charge in [-0.25, -0.2) is 5.43 Å². The third kappa shape index (κ3) is 5.17. The number of carbonyl (C=O) groups excluding carboxylic acids is 2. The second-order valence-corrected chi connectivity index (χ2v) is 5.70. The Hall–Kier alpha value is -1.84. The molecular weight excluding hydrogens is 401 g/mol. The van der Waals surface area contributed by atoms with Gasteiger partial charge in [0.1, 0.15) is 0 Å². The van der Waals surface area contributed by atoms with E-state index in [1.165, 1.54) is 13.3 Å². The van der Waals surface area contributed by atoms with Crippen LogP contribution >= 0.6 is 22.6 Å². The van der Waals surface area contributed by atoms with Crippen LogP contribution in [0.5, 0.6) is 11.5 Å². The second-order valence-electron chi connectivity index (χ2n) is 4.54. The molecule has 0 spiro atoms. The number of halogens is 1. The topological polar surface area (TPSA) is 100 Å². The SMILES string of the molecule is CC[C@@H](C)NC(=O)C(=O)N/N=C\c1cc(I)c(O)c(OC)c1. The summed E-state index contributed by atoms with van der Waals surface area (Å²) in [6.45, 7) is 3.71. The molecule has 22 heavy (non-hydrogen) atoms. The molecule has 1 aromatic rings. The number of methoxy groups -OCH3 is 1. The third-order valence-electron chi connectivity index (χ3n) is 2.85. The lowest BCUT2D eigenvalue weighted by Gasteiger charge is -2.09. The number of nitrogens with one attached hydrogen (secondary N) is 2. The van der Waals surface area contributed by atoms with Gasteiger partial charge in [0.05, 0.1) is 16.9 Å². The van der Waals surface area contributed by atoms with Crippen molar-refractivity contribution in [3.63, 3.8) is 0 Å². The Labute approximate surface area is 142 Å². The Balaban J connectivity index is 2.68. The molecule has 0 aliphatic rings. The van der Waals surface area contributed by atoms with E-state index in [0.29, 0.717) is 14.9 Å². The molecule has 0 bridgehead atoms. The highest BCUT2D eigenvalue weighted by atomic mass is 127. The van der Waals surface area contributed by atoms with Crippen LogP contribution in [0, 0.1) is 3.57 Å². The van der Waals surface area contributed by atoms with E-state index < -0.39 is 11.8 Å². The summed E-state index contributed by atoms with van der Waals surface area (Å²) in [6, 6.07) is 3.14. The number of benzene rings is 1. The molecule has 0 fully saturated rings. The van der Waals surface area contributed by atoms with Crippen LogP contribution in [-0.2, 0) is 9.59 Å². The summed E-state index contributed by atoms with van der Waals surface area (Å²) in [7, 11) is 1.44. The molecule has 120 valence electrons. The van der Waals surface area contributed by atoms with Crippen LogP contribution < -0.4 is 15.5 Å². The fourth-order valence-electron chi connectivity index (χ4n) is 1.43. The fourth-order valence-corrected chi connectivity index (χ4v) is 2.06. The predicted molar refractivity (Wildman–Crippen MR) is 91.0 cm³/mol. The number of hydrazone groups is 1. The van der Waals surface area contributed by atoms with Crippen molar-refractivity contribution >= 4 is 40.6 Å². The van der Waals surface area contributed by atoms with Gasteiger partial charge in [-0.2, -0.15) is 5.10 Å². The van der Waals surface area contributed by atoms with Gasteiger partial charge in [-0.05, 0) is 53.6 Å². The number of phenolic OH excluding ortho intramolecular Hbond substituents is 1. The van der Waals surface area contributed by atoms with Gasteiger partial charge in [0, 0.05) is 6.04 Å². The van der Waals surface area contributed by atoms with Gasteiger partial charge in [0.2, 0.25) is 0 Å². The molecule has 7 nitrogen and oxygen atoms in total. The number of amides is 2. The number of phenols is 1. The molecule has 3 N–H and O–H groups in total. The number of rotatable bonds is 5. The van der Waals surface area contributed by atoms with Crippen molar-refractivity contribution in [3.05, 3.63) is 21.3 Å². The largest absolute Gasteiger partial charge is 0.504 e. The van der Waals surface area contributed by atoms with Crippen molar-refractivity contribution in [2.75, 3.05) is 7.11 Å². The normalized spacial score (nSPS) is 12.0. The quantitative estimate of drug-likeness (QED) is 0.291. The van der Waals surface area contributed by atoms with Crippen LogP contribution in [0.3, 0.4) is 0 Å². The molecule has 1 atom stereocenters. The first kappa shape index (κ1) is 18.2. The molecule has 0 heterocycles. The zero-order valence-corrected chi connectivity index (χ0v) is 14.7. The van der Waals surface area contributed by atoms with Crippen LogP contribution in [0.4, 0.5) is 0 Å². The lowest BCUT2D eigenvalue weighted by Crippen LogP contribution is -2.41. The molecule has 0 aliphatic carbocycles. The predicted octanol–water partition coefficient (Wildman–Crippen LogP) is 1.37. The van der Waals surface area contributed by atoms with E-state index in [4.69, 9.17) is 4.74 Å². The molecule has 8 heteroatoms. The van der Waals surface area contributed by atoms with Gasteiger partial charge >= 0.3 is 11.8 Å². The Morgan fingerprint density at radius 1 is 1.45 bits per heavy atom. The number of hydrogen-bond donors (Lipinski definition) is 3. The van der Waals surface area contributed by atoms with E-state index in [1.54, 1.807) is 19.1 Å². The van der Waals surface area contributed by atoms with Crippen molar-refractivity contribution in [1.82, 2.24) is 10.7 Å². The summed E-state index contributed by atoms with van der Waals surface area (Å²) in [6.07, 6.45) is 2.09. The maximum absolute atomic E-state index is 11.5. The average Bonchev–Trinajstić information content (AvgIpc) is 2.50. The minimum absolute atomic E-state index is 0.0391. The Bertz CT molecular complexity index is 590. The minimum atomic E-state index is -0.836. The summed E-state index contributed by atoms with van der Waals surface area (Å²) in [4.78, 5) is 23.0. The Kier molecular flexibility index (Phi) is 7.09. The highest BCUT2D eigenvalue weighted by Gasteiger charge is 2.14. The highest BCUT2D eigenvalue weighted by molar-refractivity contribution is 14.1. The van der Waals surface area contributed by atoms with Crippen molar-refractivity contribution in [3.8, 4) is 11.5 Å². The van der Waals surface area contributed by atoms with Crippen LogP contribution in [0.15, 0.2) is 17.2 Å². The number of ether oxygens (including phenoxy) is 1. The third-order valence-corrected chi connectivity index (χ3v) is 3.67. The van der Waals surface area contributed by atoms with E-state index >= 15 is 0 Å². The number of aromatic hydroxyl groups is 1. The first-order valence-corrected chi connectivity index (χ1v) is 7.67. The number of carbonyl (C=O) groups is 2. The molecule has 1 aromatic carbocycles. The van der Waals surface area contributed by atoms with Gasteiger partial charge in [0.15, 0.2) is 11.5 Å². The molecule has 0 unspecified atom stereocenters. The first-order valence-electron chi connectivity index (χ1n) is 6.59. The molecular formula is C14H18IN3O4. The minimum Gasteiger partial charge on any atom is -0.504 e. The van der Waals surface area contributed by atoms with Crippen LogP contribution in [0.25, 0.3) is 0 Å². The molecule has 0 saturated carbocycles. The molecule has 0 aliphatic heterocycles. The van der Waals surface area contributed by atoms with Gasteiger partial charge in [-0.1, -0.05) is 6.92 Å². The lowest BCUT2D eigenvalue weighted by molar-refractivity contribution is -0.139. The maximum atomic E-state index is 11.5. The molecule has 0 radical (unpaired) electrons. The zero-order chi connectivity index (χ0) is 16.7. The summed E-state index contributed by atoms with van der Waals surface area (Å²) in [5.41, 5.74) is 2.76. The fraction of sp³-hybridized carbons (Fsp3) is 0.357. The molecule has 1 rings (SSSR count). The van der Waals surface area contributed by atoms with Crippen LogP contribution in [0.2, 0.25) is 0 Å². The maximum Gasteiger partial charge on any atom is 0.329 e. The summed E-state index contributed by atoms with van der Waals surface area (Å²) in [5.74, 6) is -1.23. The van der Waals surface area contributed by atoms with Crippen molar-refractivity contribution in [2.45, 2.75) is 26.3 Å². The molecule has 2 amide bonds. The van der Waals surface area contributed by atoms with Gasteiger partial charge in [-0.3, -0.25) is 9.59 Å². The van der Waals surface area contributed by atoms with Crippen LogP contribution in [0.1, 0.15) is 25.8 Å². The van der Waals surface area contributed by atoms with E-state index in [9.17, 15) is 14.7 Å². The van der Waals surface area contributed by atoms with E-state index in [-0.39, 0.29) is 11.8 Å². The summed E-state index contributed by atoms with van der Waals surface area (Å²) >= 11 is 1.95. The van der Waals surface area contributed by atoms with Crippen molar-refractivity contribution in [2.24, 2.45) is 5.10 Å². The van der Waals surface area contributed by atoms with Gasteiger partial charge in [-0.15, -0.1) is 0 Å². The summed E-state index contributed by atoms with van der Waals surface area (Å²) < 4.78 is 5.60. The number of hydrogen-bond acceptors (Lipinski definition) is 5. The lowest BCUT2D eigenvalue weighted by atomic mass is 10.2. The number of nitrogens with zero attached hydrogens (tertiary/aromatic N) is 1. The van der Waals surface area contributed by atoms with E-state index in [1.807, 2.05) is 29.5 Å². The van der Waals surface area contributed by atoms with Gasteiger partial charge in [0.25, 0.3) is 0 Å². The van der Waals surface area contributed by atoms with Crippen molar-refractivity contribution in [1.29, 1.82) is 0 Å². The van der Waals surface area contributed by atoms with E-state index in [2.05, 4.69) is 15.8 Å². The molecule has 0 saturated heterocycles. The summed E-state index contributed by atoms with van der Waals surface area (Å²) in [5, 5.41) is 16.0. The van der Waals surface area contributed by atoms with Gasteiger partial charge < -0.3 is 15.2 Å². The smallest absolute Gasteiger partial charge is 0.329 e. The molecule has 0 aromatic heterocycles. The highest BCUT2D eigenvalue weighted by Crippen LogP contribution is 2.31. The Morgan fingerprint density at radius 2 is 2.14 bits per heavy atom. The standard InChI is InChI=1S/C14H18IN3O4/c1-4-8(2)17-13(20)14(21)18-16-7-9-5-10(15)12(19)11(6-9)22-3/h5-8,19H,4H2,1-3H3,(H,17,20)(H,18,21)/b16-7-/t8-/m1/s1. The van der Waals surface area contributed by atoms with Crippen molar-refractivity contribution < 1.29 is 19.4 Å².